The number of nitrogens with one attached hydrogen (secondary N) is 2. The van der Waals surface area contributed by atoms with Crippen LogP contribution in [0.25, 0.3) is 5.57 Å². The second kappa shape index (κ2) is 11.5. The van der Waals surface area contributed by atoms with Gasteiger partial charge in [-0.05, 0) is 60.5 Å². The number of anilines is 4. The number of nitrogens with zero attached hydrogens (tertiary/aromatic N) is 6. The highest BCUT2D eigenvalue weighted by Gasteiger charge is 2.19. The van der Waals surface area contributed by atoms with Gasteiger partial charge in [-0.25, -0.2) is 4.79 Å². The fraction of sp³-hybridized carbons (Fsp3) is 0.286. The van der Waals surface area contributed by atoms with Crippen molar-refractivity contribution in [3.8, 4) is 0 Å². The van der Waals surface area contributed by atoms with Crippen LogP contribution in [0.4, 0.5) is 28.1 Å². The van der Waals surface area contributed by atoms with Crippen LogP contribution in [0.3, 0.4) is 0 Å². The molecule has 0 bridgehead atoms. The topological polar surface area (TPSA) is 125 Å². The molecule has 3 aromatic rings. The lowest BCUT2D eigenvalue weighted by Gasteiger charge is -2.32. The van der Waals surface area contributed by atoms with E-state index in [4.69, 9.17) is 5.73 Å². The van der Waals surface area contributed by atoms with Crippen LogP contribution in [0.5, 0.6) is 0 Å². The molecule has 11 heteroatoms. The number of amides is 2. The van der Waals surface area contributed by atoms with Crippen molar-refractivity contribution in [2.75, 3.05) is 56.1 Å². The highest BCUT2D eigenvalue weighted by Crippen LogP contribution is 2.26. The Morgan fingerprint density at radius 3 is 2.38 bits per heavy atom. The molecule has 2 aliphatic heterocycles. The molecule has 4 N–H and O–H groups in total. The number of hydrogen-bond donors (Lipinski definition) is 3. The zero-order valence-corrected chi connectivity index (χ0v) is 22.0. The summed E-state index contributed by atoms with van der Waals surface area (Å²) >= 11 is 0. The largest absolute Gasteiger partial charge is 0.368 e. The van der Waals surface area contributed by atoms with Crippen LogP contribution in [0.15, 0.2) is 67.4 Å². The molecule has 39 heavy (non-hydrogen) atoms. The van der Waals surface area contributed by atoms with Crippen LogP contribution in [0, 0.1) is 0 Å². The maximum atomic E-state index is 12.8. The van der Waals surface area contributed by atoms with E-state index in [0.717, 1.165) is 60.7 Å². The summed E-state index contributed by atoms with van der Waals surface area (Å²) < 4.78 is 1.02. The van der Waals surface area contributed by atoms with Gasteiger partial charge in [0.05, 0.1) is 0 Å². The molecular formula is C28H33N9O2. The molecule has 0 atom stereocenters. The van der Waals surface area contributed by atoms with Crippen LogP contribution in [-0.4, -0.2) is 81.2 Å². The van der Waals surface area contributed by atoms with Crippen molar-refractivity contribution in [3.63, 3.8) is 0 Å². The Labute approximate surface area is 227 Å². The maximum absolute atomic E-state index is 12.8. The standard InChI is InChI=1S/C28H33N9O2/c1-3-25(38)36-13-12-22(19-36)21-6-10-24(11-7-21)31-28(39)37-26(29)32-27(33-37)30-23-8-4-20(5-9-23)18-35-16-14-34(2)15-17-35/h3-11,19H,1,12-18H2,2H3,(H,31,39)(H3,29,30,32,33). The Bertz CT molecular complexity index is 1370. The fourth-order valence-electron chi connectivity index (χ4n) is 4.63. The van der Waals surface area contributed by atoms with Gasteiger partial charge in [-0.3, -0.25) is 9.69 Å². The predicted octanol–water partition coefficient (Wildman–Crippen LogP) is 3.19. The Kier molecular flexibility index (Phi) is 7.71. The van der Waals surface area contributed by atoms with Gasteiger partial charge in [-0.15, -0.1) is 9.78 Å². The lowest BCUT2D eigenvalue weighted by molar-refractivity contribution is -0.123. The molecule has 0 unspecified atom stereocenters. The molecule has 0 saturated carbocycles. The number of aromatic nitrogens is 3. The summed E-state index contributed by atoms with van der Waals surface area (Å²) in [6.07, 6.45) is 3.90. The van der Waals surface area contributed by atoms with Crippen molar-refractivity contribution in [3.05, 3.63) is 78.5 Å². The molecule has 0 spiro atoms. The van der Waals surface area contributed by atoms with E-state index in [1.165, 1.54) is 11.6 Å². The predicted molar refractivity (Wildman–Crippen MR) is 152 cm³/mol. The Hall–Kier alpha value is -4.48. The molecule has 1 fully saturated rings. The first-order valence-electron chi connectivity index (χ1n) is 12.9. The van der Waals surface area contributed by atoms with Crippen molar-refractivity contribution < 1.29 is 9.59 Å². The van der Waals surface area contributed by atoms with E-state index in [9.17, 15) is 9.59 Å². The number of benzene rings is 2. The van der Waals surface area contributed by atoms with Crippen LogP contribution in [0.1, 0.15) is 17.5 Å². The summed E-state index contributed by atoms with van der Waals surface area (Å²) in [7, 11) is 2.15. The first-order valence-corrected chi connectivity index (χ1v) is 12.9. The molecule has 2 aliphatic rings. The number of carbonyl (C=O) groups is 2. The number of nitrogen functional groups attached to an aromatic ring is 1. The van der Waals surface area contributed by atoms with E-state index in [-0.39, 0.29) is 17.8 Å². The fourth-order valence-corrected chi connectivity index (χ4v) is 4.63. The van der Waals surface area contributed by atoms with E-state index >= 15 is 0 Å². The first-order chi connectivity index (χ1) is 18.9. The molecule has 5 rings (SSSR count). The summed E-state index contributed by atoms with van der Waals surface area (Å²) in [6.45, 7) is 9.39. The highest BCUT2D eigenvalue weighted by molar-refractivity contribution is 5.92. The van der Waals surface area contributed by atoms with Crippen molar-refractivity contribution in [1.29, 1.82) is 0 Å². The highest BCUT2D eigenvalue weighted by atomic mass is 16.2. The molecule has 3 heterocycles. The van der Waals surface area contributed by atoms with Gasteiger partial charge >= 0.3 is 6.03 Å². The number of likely N-dealkylation sites (N-methyl/N-ethyl adjacent to an activating group) is 1. The maximum Gasteiger partial charge on any atom is 0.349 e. The molecule has 202 valence electrons. The third-order valence-corrected chi connectivity index (χ3v) is 6.94. The van der Waals surface area contributed by atoms with Crippen LogP contribution in [0.2, 0.25) is 0 Å². The minimum Gasteiger partial charge on any atom is -0.368 e. The average molecular weight is 528 g/mol. The number of piperazine rings is 1. The van der Waals surface area contributed by atoms with Gasteiger partial charge in [0.25, 0.3) is 0 Å². The van der Waals surface area contributed by atoms with E-state index in [1.54, 1.807) is 17.0 Å². The van der Waals surface area contributed by atoms with Gasteiger partial charge in [0.15, 0.2) is 0 Å². The van der Waals surface area contributed by atoms with E-state index in [0.29, 0.717) is 12.2 Å². The molecule has 11 nitrogen and oxygen atoms in total. The third kappa shape index (κ3) is 6.33. The monoisotopic (exact) mass is 527 g/mol. The van der Waals surface area contributed by atoms with E-state index in [2.05, 4.69) is 56.3 Å². The van der Waals surface area contributed by atoms with Crippen LogP contribution < -0.4 is 16.4 Å². The summed E-state index contributed by atoms with van der Waals surface area (Å²) in [4.78, 5) is 35.2. The molecule has 1 aromatic heterocycles. The van der Waals surface area contributed by atoms with Gasteiger partial charge in [0.1, 0.15) is 0 Å². The Morgan fingerprint density at radius 2 is 1.69 bits per heavy atom. The van der Waals surface area contributed by atoms with E-state index < -0.39 is 6.03 Å². The van der Waals surface area contributed by atoms with Gasteiger partial charge in [-0.2, -0.15) is 4.98 Å². The van der Waals surface area contributed by atoms with Crippen molar-refractivity contribution in [1.82, 2.24) is 29.5 Å². The Balaban J connectivity index is 1.17. The van der Waals surface area contributed by atoms with Crippen LogP contribution >= 0.6 is 0 Å². The number of rotatable bonds is 7. The van der Waals surface area contributed by atoms with Gasteiger partial charge in [-0.1, -0.05) is 30.8 Å². The van der Waals surface area contributed by atoms with Gasteiger partial charge < -0.3 is 26.2 Å². The SMILES string of the molecule is C=CC(=O)N1C=C(c2ccc(NC(=O)n3nc(Nc4ccc(CN5CCN(C)CC5)cc4)nc3N)cc2)CC1. The second-order valence-corrected chi connectivity index (χ2v) is 9.75. The Morgan fingerprint density at radius 1 is 1.00 bits per heavy atom. The zero-order chi connectivity index (χ0) is 27.4. The van der Waals surface area contributed by atoms with Gasteiger partial charge in [0, 0.05) is 56.8 Å². The third-order valence-electron chi connectivity index (χ3n) is 6.94. The lowest BCUT2D eigenvalue weighted by Crippen LogP contribution is -2.43. The summed E-state index contributed by atoms with van der Waals surface area (Å²) in [5, 5.41) is 10.1. The lowest BCUT2D eigenvalue weighted by atomic mass is 10.1. The van der Waals surface area contributed by atoms with Crippen molar-refractivity contribution in [2.24, 2.45) is 0 Å². The molecule has 0 radical (unpaired) electrons. The molecule has 0 aliphatic carbocycles. The van der Waals surface area contributed by atoms with Crippen molar-refractivity contribution in [2.45, 2.75) is 13.0 Å². The summed E-state index contributed by atoms with van der Waals surface area (Å²) in [5.41, 5.74) is 10.6. The number of carbonyl (C=O) groups excluding carboxylic acids is 2. The minimum absolute atomic E-state index is 0.0265. The average Bonchev–Trinajstić information content (AvgIpc) is 3.58. The molecular weight excluding hydrogens is 494 g/mol. The summed E-state index contributed by atoms with van der Waals surface area (Å²) in [5.74, 6) is 0.0874. The quantitative estimate of drug-likeness (QED) is 0.400. The van der Waals surface area contributed by atoms with Crippen molar-refractivity contribution >= 4 is 40.8 Å². The first kappa shape index (κ1) is 26.1. The van der Waals surface area contributed by atoms with Crippen LogP contribution in [-0.2, 0) is 11.3 Å². The number of nitrogens with two attached hydrogens (primary N) is 1. The second-order valence-electron chi connectivity index (χ2n) is 9.75. The minimum atomic E-state index is -0.522. The smallest absolute Gasteiger partial charge is 0.349 e. The van der Waals surface area contributed by atoms with E-state index in [1.807, 2.05) is 30.5 Å². The van der Waals surface area contributed by atoms with Gasteiger partial charge in [0.2, 0.25) is 17.8 Å². The normalized spacial score (nSPS) is 16.1. The zero-order valence-electron chi connectivity index (χ0n) is 22.0. The molecule has 2 aromatic carbocycles. The number of hydrogen-bond acceptors (Lipinski definition) is 8. The molecule has 1 saturated heterocycles. The summed E-state index contributed by atoms with van der Waals surface area (Å²) in [6, 6.07) is 15.0. The molecule has 2 amide bonds.